The fourth-order valence-corrected chi connectivity index (χ4v) is 1.94. The fourth-order valence-electron chi connectivity index (χ4n) is 1.94. The number of halogens is 1. The van der Waals surface area contributed by atoms with Crippen molar-refractivity contribution in [3.8, 4) is 0 Å². The summed E-state index contributed by atoms with van der Waals surface area (Å²) < 4.78 is 19.0. The zero-order valence-corrected chi connectivity index (χ0v) is 10.2. The first-order valence-electron chi connectivity index (χ1n) is 5.80. The van der Waals surface area contributed by atoms with E-state index in [1.54, 1.807) is 12.1 Å². The van der Waals surface area contributed by atoms with Crippen LogP contribution in [0, 0.1) is 12.7 Å². The minimum absolute atomic E-state index is 0.0956. The predicted molar refractivity (Wildman–Crippen MR) is 68.6 cm³/mol. The predicted octanol–water partition coefficient (Wildman–Crippen LogP) is 3.51. The maximum Gasteiger partial charge on any atom is 0.249 e. The molecular formula is C15H10FNO2. The molecule has 0 unspecified atom stereocenters. The molecule has 0 saturated heterocycles. The number of hydrogen-bond acceptors (Lipinski definition) is 3. The number of furan rings is 1. The summed E-state index contributed by atoms with van der Waals surface area (Å²) in [6, 6.07) is 9.84. The van der Waals surface area contributed by atoms with Gasteiger partial charge in [-0.15, -0.1) is 0 Å². The van der Waals surface area contributed by atoms with Gasteiger partial charge in [0.2, 0.25) is 5.78 Å². The van der Waals surface area contributed by atoms with Crippen LogP contribution in [0.4, 0.5) is 4.39 Å². The highest BCUT2D eigenvalue weighted by Crippen LogP contribution is 2.22. The van der Waals surface area contributed by atoms with E-state index in [0.717, 1.165) is 10.9 Å². The van der Waals surface area contributed by atoms with Crippen LogP contribution in [-0.2, 0) is 0 Å². The molecule has 0 fully saturated rings. The Hall–Kier alpha value is -2.49. The molecule has 2 heterocycles. The van der Waals surface area contributed by atoms with E-state index in [2.05, 4.69) is 4.98 Å². The van der Waals surface area contributed by atoms with Gasteiger partial charge < -0.3 is 4.42 Å². The zero-order chi connectivity index (χ0) is 13.4. The van der Waals surface area contributed by atoms with Gasteiger partial charge in [-0.2, -0.15) is 0 Å². The number of benzene rings is 1. The van der Waals surface area contributed by atoms with Crippen LogP contribution in [0.3, 0.4) is 0 Å². The van der Waals surface area contributed by atoms with Crippen LogP contribution in [0.2, 0.25) is 0 Å². The summed E-state index contributed by atoms with van der Waals surface area (Å²) in [4.78, 5) is 15.9. The van der Waals surface area contributed by atoms with E-state index in [4.69, 9.17) is 4.42 Å². The lowest BCUT2D eigenvalue weighted by Gasteiger charge is -1.97. The first-order valence-corrected chi connectivity index (χ1v) is 5.80. The maximum atomic E-state index is 13.5. The van der Waals surface area contributed by atoms with E-state index in [9.17, 15) is 9.18 Å². The Kier molecular flexibility index (Phi) is 2.63. The van der Waals surface area contributed by atoms with Gasteiger partial charge in [0.25, 0.3) is 0 Å². The van der Waals surface area contributed by atoms with Gasteiger partial charge in [0, 0.05) is 11.6 Å². The quantitative estimate of drug-likeness (QED) is 0.658. The molecule has 0 atom stereocenters. The average Bonchev–Trinajstić information content (AvgIpc) is 2.81. The van der Waals surface area contributed by atoms with Crippen LogP contribution >= 0.6 is 0 Å². The fraction of sp³-hybridized carbons (Fsp3) is 0.0667. The molecular weight excluding hydrogens is 245 g/mol. The lowest BCUT2D eigenvalue weighted by atomic mass is 10.1. The number of hydrogen-bond donors (Lipinski definition) is 0. The van der Waals surface area contributed by atoms with Gasteiger partial charge in [0.05, 0.1) is 0 Å². The summed E-state index contributed by atoms with van der Waals surface area (Å²) >= 11 is 0. The Bertz CT molecular complexity index is 777. The van der Waals surface area contributed by atoms with Crippen molar-refractivity contribution in [1.82, 2.24) is 4.98 Å². The molecule has 3 rings (SSSR count). The number of aromatic nitrogens is 1. The average molecular weight is 255 g/mol. The zero-order valence-electron chi connectivity index (χ0n) is 10.2. The Labute approximate surface area is 108 Å². The number of pyridine rings is 1. The van der Waals surface area contributed by atoms with E-state index in [1.807, 2.05) is 19.1 Å². The van der Waals surface area contributed by atoms with Crippen molar-refractivity contribution in [1.29, 1.82) is 0 Å². The molecule has 3 nitrogen and oxygen atoms in total. The smallest absolute Gasteiger partial charge is 0.249 e. The van der Waals surface area contributed by atoms with Crippen LogP contribution in [0.5, 0.6) is 0 Å². The Morgan fingerprint density at radius 1 is 1.26 bits per heavy atom. The third-order valence-corrected chi connectivity index (χ3v) is 2.87. The first kappa shape index (κ1) is 11.6. The van der Waals surface area contributed by atoms with Gasteiger partial charge in [-0.05, 0) is 37.3 Å². The molecule has 0 N–H and O–H groups in total. The summed E-state index contributed by atoms with van der Waals surface area (Å²) in [6.45, 7) is 1.95. The van der Waals surface area contributed by atoms with Gasteiger partial charge in [-0.25, -0.2) is 9.37 Å². The third kappa shape index (κ3) is 2.01. The molecule has 0 aliphatic rings. The third-order valence-electron chi connectivity index (χ3n) is 2.87. The summed E-state index contributed by atoms with van der Waals surface area (Å²) in [6.07, 6.45) is 1.38. The van der Waals surface area contributed by atoms with Gasteiger partial charge in [0.15, 0.2) is 11.6 Å². The van der Waals surface area contributed by atoms with Crippen molar-refractivity contribution in [3.63, 3.8) is 0 Å². The van der Waals surface area contributed by atoms with Crippen molar-refractivity contribution < 1.29 is 13.6 Å². The van der Waals surface area contributed by atoms with E-state index in [1.165, 1.54) is 18.3 Å². The molecule has 0 bridgehead atoms. The van der Waals surface area contributed by atoms with Crippen molar-refractivity contribution in [2.24, 2.45) is 0 Å². The highest BCUT2D eigenvalue weighted by molar-refractivity contribution is 6.07. The molecule has 0 amide bonds. The van der Waals surface area contributed by atoms with E-state index < -0.39 is 11.6 Å². The van der Waals surface area contributed by atoms with Crippen molar-refractivity contribution >= 4 is 16.8 Å². The number of nitrogens with zero attached hydrogens (tertiary/aromatic N) is 1. The molecule has 3 aromatic rings. The lowest BCUT2D eigenvalue weighted by molar-refractivity contribution is 0.100. The monoisotopic (exact) mass is 255 g/mol. The molecule has 19 heavy (non-hydrogen) atoms. The number of aryl methyl sites for hydroxylation is 1. The van der Waals surface area contributed by atoms with Crippen LogP contribution < -0.4 is 0 Å². The second kappa shape index (κ2) is 4.31. The van der Waals surface area contributed by atoms with Gasteiger partial charge in [-0.1, -0.05) is 11.6 Å². The van der Waals surface area contributed by atoms with E-state index in [-0.39, 0.29) is 11.5 Å². The number of carbonyl (C=O) groups excluding carboxylic acids is 1. The van der Waals surface area contributed by atoms with Crippen LogP contribution in [0.15, 0.2) is 47.0 Å². The van der Waals surface area contributed by atoms with E-state index >= 15 is 0 Å². The van der Waals surface area contributed by atoms with Crippen molar-refractivity contribution in [2.75, 3.05) is 0 Å². The summed E-state index contributed by atoms with van der Waals surface area (Å²) in [5, 5.41) is 0.819. The topological polar surface area (TPSA) is 43.1 Å². The number of ketones is 1. The molecule has 94 valence electrons. The summed E-state index contributed by atoms with van der Waals surface area (Å²) in [5.41, 5.74) is 1.44. The van der Waals surface area contributed by atoms with Gasteiger partial charge in [-0.3, -0.25) is 4.79 Å². The SMILES string of the molecule is Cc1ccc2oc(C(=O)c3ncccc3F)cc2c1. The summed E-state index contributed by atoms with van der Waals surface area (Å²) in [5.74, 6) is -1.10. The minimum atomic E-state index is -0.649. The van der Waals surface area contributed by atoms with Crippen LogP contribution in [0.1, 0.15) is 21.8 Å². The highest BCUT2D eigenvalue weighted by Gasteiger charge is 2.19. The second-order valence-electron chi connectivity index (χ2n) is 4.31. The van der Waals surface area contributed by atoms with E-state index in [0.29, 0.717) is 5.58 Å². The number of fused-ring (bicyclic) bond motifs is 1. The van der Waals surface area contributed by atoms with Gasteiger partial charge in [0.1, 0.15) is 11.3 Å². The first-order chi connectivity index (χ1) is 9.15. The van der Waals surface area contributed by atoms with Crippen LogP contribution in [-0.4, -0.2) is 10.8 Å². The lowest BCUT2D eigenvalue weighted by Crippen LogP contribution is -2.05. The van der Waals surface area contributed by atoms with Crippen LogP contribution in [0.25, 0.3) is 11.0 Å². The molecule has 0 radical (unpaired) electrons. The molecule has 1 aromatic carbocycles. The number of carbonyl (C=O) groups is 1. The molecule has 0 spiro atoms. The molecule has 0 saturated carbocycles. The second-order valence-corrected chi connectivity index (χ2v) is 4.31. The van der Waals surface area contributed by atoms with Crippen molar-refractivity contribution in [3.05, 3.63) is 65.4 Å². The molecule has 0 aliphatic heterocycles. The Morgan fingerprint density at radius 2 is 2.11 bits per heavy atom. The molecule has 0 aliphatic carbocycles. The maximum absolute atomic E-state index is 13.5. The molecule has 4 heteroatoms. The Morgan fingerprint density at radius 3 is 2.89 bits per heavy atom. The molecule has 2 aromatic heterocycles. The normalized spacial score (nSPS) is 10.8. The minimum Gasteiger partial charge on any atom is -0.453 e. The standard InChI is InChI=1S/C15H10FNO2/c1-9-4-5-12-10(7-9)8-13(19-12)15(18)14-11(16)3-2-6-17-14/h2-8H,1H3. The largest absolute Gasteiger partial charge is 0.453 e. The number of rotatable bonds is 2. The highest BCUT2D eigenvalue weighted by atomic mass is 19.1. The van der Waals surface area contributed by atoms with Crippen molar-refractivity contribution in [2.45, 2.75) is 6.92 Å². The summed E-state index contributed by atoms with van der Waals surface area (Å²) in [7, 11) is 0. The Balaban J connectivity index is 2.09. The van der Waals surface area contributed by atoms with Gasteiger partial charge >= 0.3 is 0 Å².